The molecule has 2 atom stereocenters. The van der Waals surface area contributed by atoms with Gasteiger partial charge >= 0.3 is 12.0 Å². The number of carbonyl (C=O) groups is 2. The van der Waals surface area contributed by atoms with E-state index in [9.17, 15) is 9.59 Å². The fourth-order valence-corrected chi connectivity index (χ4v) is 3.19. The molecule has 0 bridgehead atoms. The lowest BCUT2D eigenvalue weighted by atomic mass is 9.81. The van der Waals surface area contributed by atoms with E-state index in [-0.39, 0.29) is 25.0 Å². The van der Waals surface area contributed by atoms with Gasteiger partial charge in [0.1, 0.15) is 0 Å². The Morgan fingerprint density at radius 3 is 2.61 bits per heavy atom. The maximum atomic E-state index is 12.2. The van der Waals surface area contributed by atoms with Crippen LogP contribution in [0, 0.1) is 5.92 Å². The third kappa shape index (κ3) is 5.58. The summed E-state index contributed by atoms with van der Waals surface area (Å²) in [4.78, 5) is 24.3. The Bertz CT molecular complexity index is 518. The van der Waals surface area contributed by atoms with Crippen LogP contribution >= 0.6 is 0 Å². The topological polar surface area (TPSA) is 69.6 Å². The third-order valence-corrected chi connectivity index (χ3v) is 4.57. The Kier molecular flexibility index (Phi) is 6.44. The molecule has 0 saturated heterocycles. The molecule has 2 rings (SSSR count). The molecule has 2 unspecified atom stereocenters. The summed E-state index contributed by atoms with van der Waals surface area (Å²) in [5.41, 5.74) is 1.30. The van der Waals surface area contributed by atoms with E-state index in [1.807, 2.05) is 18.2 Å². The molecule has 1 aromatic rings. The second kappa shape index (κ2) is 8.56. The van der Waals surface area contributed by atoms with Gasteiger partial charge in [0, 0.05) is 19.6 Å². The van der Waals surface area contributed by atoms with Crippen molar-refractivity contribution in [3.8, 4) is 0 Å². The van der Waals surface area contributed by atoms with Gasteiger partial charge in [-0.25, -0.2) is 4.79 Å². The maximum Gasteiger partial charge on any atom is 0.317 e. The molecule has 126 valence electrons. The van der Waals surface area contributed by atoms with Crippen molar-refractivity contribution in [2.75, 3.05) is 13.6 Å². The molecule has 5 heteroatoms. The van der Waals surface area contributed by atoms with Gasteiger partial charge in [0.25, 0.3) is 0 Å². The number of rotatable bonds is 6. The second-order valence-corrected chi connectivity index (χ2v) is 6.36. The monoisotopic (exact) mass is 318 g/mol. The van der Waals surface area contributed by atoms with Crippen molar-refractivity contribution in [2.24, 2.45) is 5.92 Å². The van der Waals surface area contributed by atoms with E-state index in [4.69, 9.17) is 5.11 Å². The largest absolute Gasteiger partial charge is 0.481 e. The first-order chi connectivity index (χ1) is 11.1. The number of benzene rings is 1. The van der Waals surface area contributed by atoms with E-state index in [0.29, 0.717) is 5.92 Å². The highest BCUT2D eigenvalue weighted by Crippen LogP contribution is 2.27. The number of nitrogens with zero attached hydrogens (tertiary/aromatic N) is 1. The summed E-state index contributed by atoms with van der Waals surface area (Å²) in [6, 6.07) is 10.4. The van der Waals surface area contributed by atoms with E-state index in [1.54, 1.807) is 7.05 Å². The van der Waals surface area contributed by atoms with Gasteiger partial charge < -0.3 is 15.3 Å². The molecule has 0 heterocycles. The quantitative estimate of drug-likeness (QED) is 0.847. The minimum Gasteiger partial charge on any atom is -0.481 e. The van der Waals surface area contributed by atoms with E-state index in [0.717, 1.165) is 25.7 Å². The molecule has 1 aliphatic carbocycles. The van der Waals surface area contributed by atoms with Crippen LogP contribution in [0.25, 0.3) is 0 Å². The molecule has 1 aliphatic rings. The molecule has 0 radical (unpaired) electrons. The molecule has 1 saturated carbocycles. The van der Waals surface area contributed by atoms with Crippen LogP contribution in [0.4, 0.5) is 4.79 Å². The number of aliphatic carboxylic acids is 1. The second-order valence-electron chi connectivity index (χ2n) is 6.36. The molecule has 23 heavy (non-hydrogen) atoms. The SMILES string of the molecule is CN(CCC(=O)O)C(=O)NC1CCCCC1Cc1ccccc1. The van der Waals surface area contributed by atoms with Crippen LogP contribution in [0.2, 0.25) is 0 Å². The van der Waals surface area contributed by atoms with Gasteiger partial charge in [-0.1, -0.05) is 43.2 Å². The summed E-state index contributed by atoms with van der Waals surface area (Å²) in [7, 11) is 1.65. The standard InChI is InChI=1S/C18H26N2O3/c1-20(12-11-17(21)22)18(23)19-16-10-6-5-9-15(16)13-14-7-3-2-4-8-14/h2-4,7-8,15-16H,5-6,9-13H2,1H3,(H,19,23)(H,21,22). The normalized spacial score (nSPS) is 20.7. The van der Waals surface area contributed by atoms with Crippen molar-refractivity contribution in [2.45, 2.75) is 44.6 Å². The van der Waals surface area contributed by atoms with Gasteiger partial charge in [0.05, 0.1) is 6.42 Å². The molecule has 0 aliphatic heterocycles. The Balaban J connectivity index is 1.90. The average Bonchev–Trinajstić information content (AvgIpc) is 2.55. The van der Waals surface area contributed by atoms with Crippen molar-refractivity contribution in [1.82, 2.24) is 10.2 Å². The number of hydrogen-bond donors (Lipinski definition) is 2. The highest BCUT2D eigenvalue weighted by molar-refractivity contribution is 5.75. The summed E-state index contributed by atoms with van der Waals surface area (Å²) >= 11 is 0. The lowest BCUT2D eigenvalue weighted by molar-refractivity contribution is -0.137. The minimum absolute atomic E-state index is 0.0258. The smallest absolute Gasteiger partial charge is 0.317 e. The van der Waals surface area contributed by atoms with E-state index in [1.165, 1.54) is 16.9 Å². The van der Waals surface area contributed by atoms with Crippen molar-refractivity contribution in [3.63, 3.8) is 0 Å². The predicted octanol–water partition coefficient (Wildman–Crippen LogP) is 2.90. The van der Waals surface area contributed by atoms with Crippen LogP contribution < -0.4 is 5.32 Å². The molecular weight excluding hydrogens is 292 g/mol. The molecule has 1 aromatic carbocycles. The Morgan fingerprint density at radius 1 is 1.22 bits per heavy atom. The molecule has 5 nitrogen and oxygen atoms in total. The number of amides is 2. The van der Waals surface area contributed by atoms with Gasteiger partial charge in [-0.15, -0.1) is 0 Å². The third-order valence-electron chi connectivity index (χ3n) is 4.57. The van der Waals surface area contributed by atoms with Crippen LogP contribution in [0.3, 0.4) is 0 Å². The van der Waals surface area contributed by atoms with Crippen molar-refractivity contribution in [3.05, 3.63) is 35.9 Å². The number of nitrogens with one attached hydrogen (secondary N) is 1. The lowest BCUT2D eigenvalue weighted by Crippen LogP contribution is -2.48. The number of hydrogen-bond acceptors (Lipinski definition) is 2. The summed E-state index contributed by atoms with van der Waals surface area (Å²) in [6.07, 6.45) is 5.41. The number of carboxylic acid groups (broad SMARTS) is 1. The van der Waals surface area contributed by atoms with Crippen molar-refractivity contribution >= 4 is 12.0 Å². The fourth-order valence-electron chi connectivity index (χ4n) is 3.19. The van der Waals surface area contributed by atoms with Gasteiger partial charge in [-0.3, -0.25) is 4.79 Å². The Morgan fingerprint density at radius 2 is 1.91 bits per heavy atom. The first-order valence-electron chi connectivity index (χ1n) is 8.33. The Labute approximate surface area is 137 Å². The zero-order chi connectivity index (χ0) is 16.7. The number of carbonyl (C=O) groups excluding carboxylic acids is 1. The molecular formula is C18H26N2O3. The Hall–Kier alpha value is -2.04. The van der Waals surface area contributed by atoms with E-state index in [2.05, 4.69) is 17.4 Å². The van der Waals surface area contributed by atoms with E-state index >= 15 is 0 Å². The predicted molar refractivity (Wildman–Crippen MR) is 89.3 cm³/mol. The highest BCUT2D eigenvalue weighted by atomic mass is 16.4. The lowest BCUT2D eigenvalue weighted by Gasteiger charge is -2.33. The summed E-state index contributed by atoms with van der Waals surface area (Å²) in [5, 5.41) is 11.8. The highest BCUT2D eigenvalue weighted by Gasteiger charge is 2.27. The van der Waals surface area contributed by atoms with Crippen LogP contribution in [-0.4, -0.2) is 41.6 Å². The van der Waals surface area contributed by atoms with Crippen LogP contribution in [0.1, 0.15) is 37.7 Å². The molecule has 2 N–H and O–H groups in total. The summed E-state index contributed by atoms with van der Waals surface area (Å²) in [5.74, 6) is -0.438. The first-order valence-corrected chi connectivity index (χ1v) is 8.33. The molecule has 1 fully saturated rings. The van der Waals surface area contributed by atoms with Gasteiger partial charge in [-0.2, -0.15) is 0 Å². The average molecular weight is 318 g/mol. The summed E-state index contributed by atoms with van der Waals surface area (Å²) < 4.78 is 0. The van der Waals surface area contributed by atoms with Crippen LogP contribution in [-0.2, 0) is 11.2 Å². The van der Waals surface area contributed by atoms with Crippen LogP contribution in [0.5, 0.6) is 0 Å². The van der Waals surface area contributed by atoms with Crippen molar-refractivity contribution < 1.29 is 14.7 Å². The molecule has 0 aromatic heterocycles. The van der Waals surface area contributed by atoms with Crippen molar-refractivity contribution in [1.29, 1.82) is 0 Å². The number of carboxylic acids is 1. The first kappa shape index (κ1) is 17.3. The summed E-state index contributed by atoms with van der Waals surface area (Å²) in [6.45, 7) is 0.233. The number of urea groups is 1. The fraction of sp³-hybridized carbons (Fsp3) is 0.556. The van der Waals surface area contributed by atoms with E-state index < -0.39 is 5.97 Å². The van der Waals surface area contributed by atoms with Gasteiger partial charge in [0.2, 0.25) is 0 Å². The zero-order valence-electron chi connectivity index (χ0n) is 13.7. The van der Waals surface area contributed by atoms with Crippen LogP contribution in [0.15, 0.2) is 30.3 Å². The minimum atomic E-state index is -0.885. The maximum absolute atomic E-state index is 12.2. The zero-order valence-corrected chi connectivity index (χ0v) is 13.7. The van der Waals surface area contributed by atoms with Gasteiger partial charge in [0.15, 0.2) is 0 Å². The molecule has 0 spiro atoms. The molecule has 2 amide bonds. The van der Waals surface area contributed by atoms with Gasteiger partial charge in [-0.05, 0) is 30.7 Å².